The Balaban J connectivity index is 1.43. The van der Waals surface area contributed by atoms with Gasteiger partial charge >= 0.3 is 12.2 Å². The summed E-state index contributed by atoms with van der Waals surface area (Å²) < 4.78 is 10.9. The molecule has 0 aliphatic carbocycles. The number of benzene rings is 3. The summed E-state index contributed by atoms with van der Waals surface area (Å²) in [6, 6.07) is 19.5. The molecule has 0 fully saturated rings. The SMILES string of the molecule is CC(C)(C)OC(=O)NCCCCN(CCCCNCCc1c2ccccc2cc2ccccc12)C(=O)OC(C)(C)C. The third kappa shape index (κ3) is 11.2. The van der Waals surface area contributed by atoms with Crippen LogP contribution in [0.15, 0.2) is 54.6 Å². The maximum atomic E-state index is 12.8. The van der Waals surface area contributed by atoms with Crippen LogP contribution < -0.4 is 10.6 Å². The van der Waals surface area contributed by atoms with Crippen molar-refractivity contribution in [2.45, 2.75) is 84.8 Å². The molecule has 0 heterocycles. The number of rotatable bonds is 13. The van der Waals surface area contributed by atoms with Crippen LogP contribution in [0.25, 0.3) is 21.5 Å². The summed E-state index contributed by atoms with van der Waals surface area (Å²) >= 11 is 0. The number of carbonyl (C=O) groups excluding carboxylic acids is 2. The standard InChI is InChI=1S/C34H49N3O4/c1-33(2,3)40-31(38)36-21-12-14-24-37(32(39)41-34(4,5)6)23-13-11-20-35-22-19-30-28-17-9-7-15-26(28)25-27-16-8-10-18-29(27)30/h7-10,15-18,25,35H,11-14,19-24H2,1-6H3,(H,36,38). The lowest BCUT2D eigenvalue weighted by molar-refractivity contribution is 0.0242. The van der Waals surface area contributed by atoms with Gasteiger partial charge in [0.2, 0.25) is 0 Å². The number of carbonyl (C=O) groups is 2. The fraction of sp³-hybridized carbons (Fsp3) is 0.529. The van der Waals surface area contributed by atoms with Gasteiger partial charge in [-0.05, 0) is 120 Å². The van der Waals surface area contributed by atoms with Crippen LogP contribution >= 0.6 is 0 Å². The molecule has 7 heteroatoms. The lowest BCUT2D eigenvalue weighted by Gasteiger charge is -2.27. The highest BCUT2D eigenvalue weighted by Crippen LogP contribution is 2.28. The second kappa shape index (κ2) is 15.1. The Morgan fingerprint density at radius 2 is 1.24 bits per heavy atom. The molecule has 41 heavy (non-hydrogen) atoms. The lowest BCUT2D eigenvalue weighted by Crippen LogP contribution is -2.38. The van der Waals surface area contributed by atoms with Gasteiger partial charge in [0.05, 0.1) is 0 Å². The number of ether oxygens (including phenoxy) is 2. The van der Waals surface area contributed by atoms with Crippen molar-refractivity contribution in [2.24, 2.45) is 0 Å². The van der Waals surface area contributed by atoms with Crippen molar-refractivity contribution in [2.75, 3.05) is 32.7 Å². The van der Waals surface area contributed by atoms with Gasteiger partial charge in [-0.3, -0.25) is 0 Å². The van der Waals surface area contributed by atoms with Crippen LogP contribution in [0.2, 0.25) is 0 Å². The Bertz CT molecular complexity index is 1220. The molecule has 224 valence electrons. The number of alkyl carbamates (subject to hydrolysis) is 1. The first-order chi connectivity index (χ1) is 19.4. The van der Waals surface area contributed by atoms with Gasteiger partial charge in [-0.15, -0.1) is 0 Å². The molecule has 0 aromatic heterocycles. The molecule has 0 unspecified atom stereocenters. The van der Waals surface area contributed by atoms with E-state index in [1.807, 2.05) is 41.5 Å². The number of nitrogens with zero attached hydrogens (tertiary/aromatic N) is 1. The van der Waals surface area contributed by atoms with E-state index in [4.69, 9.17) is 9.47 Å². The highest BCUT2D eigenvalue weighted by Gasteiger charge is 2.22. The summed E-state index contributed by atoms with van der Waals surface area (Å²) in [6.45, 7) is 14.7. The van der Waals surface area contributed by atoms with E-state index in [2.05, 4.69) is 65.2 Å². The first kappa shape index (κ1) is 32.2. The fourth-order valence-corrected chi connectivity index (χ4v) is 4.82. The smallest absolute Gasteiger partial charge is 0.410 e. The van der Waals surface area contributed by atoms with Crippen LogP contribution in [0, 0.1) is 0 Å². The first-order valence-electron chi connectivity index (χ1n) is 15.0. The van der Waals surface area contributed by atoms with Gasteiger partial charge in [0.25, 0.3) is 0 Å². The van der Waals surface area contributed by atoms with Crippen LogP contribution in [0.4, 0.5) is 9.59 Å². The van der Waals surface area contributed by atoms with Crippen molar-refractivity contribution in [3.63, 3.8) is 0 Å². The van der Waals surface area contributed by atoms with Crippen molar-refractivity contribution >= 4 is 33.7 Å². The molecule has 0 spiro atoms. The molecular formula is C34H49N3O4. The second-order valence-electron chi connectivity index (χ2n) is 12.6. The number of amides is 2. The minimum Gasteiger partial charge on any atom is -0.444 e. The Hall–Kier alpha value is -3.32. The molecule has 0 aliphatic rings. The average molecular weight is 564 g/mol. The van der Waals surface area contributed by atoms with E-state index in [9.17, 15) is 9.59 Å². The largest absolute Gasteiger partial charge is 0.444 e. The molecule has 0 bridgehead atoms. The number of hydrogen-bond acceptors (Lipinski definition) is 5. The molecule has 3 aromatic rings. The van der Waals surface area contributed by atoms with E-state index in [1.54, 1.807) is 4.90 Å². The van der Waals surface area contributed by atoms with E-state index in [0.29, 0.717) is 19.6 Å². The van der Waals surface area contributed by atoms with Crippen LogP contribution in [-0.2, 0) is 15.9 Å². The first-order valence-corrected chi connectivity index (χ1v) is 15.0. The average Bonchev–Trinajstić information content (AvgIpc) is 2.88. The topological polar surface area (TPSA) is 79.9 Å². The van der Waals surface area contributed by atoms with E-state index >= 15 is 0 Å². The van der Waals surface area contributed by atoms with E-state index < -0.39 is 17.3 Å². The predicted octanol–water partition coefficient (Wildman–Crippen LogP) is 7.45. The zero-order valence-corrected chi connectivity index (χ0v) is 25.8. The van der Waals surface area contributed by atoms with E-state index in [0.717, 1.165) is 45.2 Å². The maximum absolute atomic E-state index is 12.8. The Kier molecular flexibility index (Phi) is 11.8. The monoisotopic (exact) mass is 563 g/mol. The summed E-state index contributed by atoms with van der Waals surface area (Å²) in [5.41, 5.74) is 0.334. The minimum absolute atomic E-state index is 0.284. The number of nitrogens with one attached hydrogen (secondary N) is 2. The Labute approximate surface area is 246 Å². The van der Waals surface area contributed by atoms with Gasteiger partial charge in [-0.25, -0.2) is 9.59 Å². The predicted molar refractivity (Wildman–Crippen MR) is 169 cm³/mol. The Morgan fingerprint density at radius 1 is 0.707 bits per heavy atom. The van der Waals surface area contributed by atoms with Gasteiger partial charge in [-0.2, -0.15) is 0 Å². The van der Waals surface area contributed by atoms with Gasteiger partial charge in [0.15, 0.2) is 0 Å². The van der Waals surface area contributed by atoms with Crippen molar-refractivity contribution in [1.82, 2.24) is 15.5 Å². The third-order valence-corrected chi connectivity index (χ3v) is 6.64. The normalized spacial score (nSPS) is 12.0. The molecule has 0 radical (unpaired) electrons. The second-order valence-corrected chi connectivity index (χ2v) is 12.6. The van der Waals surface area contributed by atoms with Gasteiger partial charge in [-0.1, -0.05) is 48.5 Å². The molecule has 0 atom stereocenters. The van der Waals surface area contributed by atoms with Crippen LogP contribution in [0.5, 0.6) is 0 Å². The number of unbranched alkanes of at least 4 members (excludes halogenated alkanes) is 2. The number of fused-ring (bicyclic) bond motifs is 2. The zero-order valence-electron chi connectivity index (χ0n) is 25.8. The molecule has 0 aliphatic heterocycles. The summed E-state index contributed by atoms with van der Waals surface area (Å²) in [5.74, 6) is 0. The van der Waals surface area contributed by atoms with Gasteiger partial charge in [0, 0.05) is 19.6 Å². The molecule has 3 rings (SSSR count). The highest BCUT2D eigenvalue weighted by molar-refractivity contribution is 6.02. The lowest BCUT2D eigenvalue weighted by atomic mass is 9.95. The Morgan fingerprint density at radius 3 is 1.80 bits per heavy atom. The molecule has 0 saturated carbocycles. The van der Waals surface area contributed by atoms with Gasteiger partial charge < -0.3 is 25.0 Å². The van der Waals surface area contributed by atoms with E-state index in [-0.39, 0.29) is 6.09 Å². The van der Waals surface area contributed by atoms with E-state index in [1.165, 1.54) is 27.1 Å². The summed E-state index contributed by atoms with van der Waals surface area (Å²) in [6.07, 6.45) is 3.64. The fourth-order valence-electron chi connectivity index (χ4n) is 4.82. The van der Waals surface area contributed by atoms with Gasteiger partial charge in [0.1, 0.15) is 11.2 Å². The minimum atomic E-state index is -0.541. The molecule has 0 saturated heterocycles. The van der Waals surface area contributed by atoms with Crippen LogP contribution in [0.3, 0.4) is 0 Å². The summed E-state index contributed by atoms with van der Waals surface area (Å²) in [4.78, 5) is 26.5. The van der Waals surface area contributed by atoms with Crippen molar-refractivity contribution < 1.29 is 19.1 Å². The van der Waals surface area contributed by atoms with Crippen LogP contribution in [-0.4, -0.2) is 61.0 Å². The highest BCUT2D eigenvalue weighted by atomic mass is 16.6. The molecule has 2 N–H and O–H groups in total. The molecule has 7 nitrogen and oxygen atoms in total. The zero-order chi connectivity index (χ0) is 29.9. The third-order valence-electron chi connectivity index (χ3n) is 6.64. The van der Waals surface area contributed by atoms with Crippen molar-refractivity contribution in [3.05, 3.63) is 60.2 Å². The summed E-state index contributed by atoms with van der Waals surface area (Å²) in [5, 5.41) is 11.6. The maximum Gasteiger partial charge on any atom is 0.410 e. The summed E-state index contributed by atoms with van der Waals surface area (Å²) in [7, 11) is 0. The van der Waals surface area contributed by atoms with Crippen molar-refractivity contribution in [3.8, 4) is 0 Å². The van der Waals surface area contributed by atoms with Crippen LogP contribution in [0.1, 0.15) is 72.8 Å². The molecular weight excluding hydrogens is 514 g/mol. The van der Waals surface area contributed by atoms with Crippen molar-refractivity contribution in [1.29, 1.82) is 0 Å². The molecule has 2 amide bonds. The quantitative estimate of drug-likeness (QED) is 0.167. The molecule has 3 aromatic carbocycles. The number of hydrogen-bond donors (Lipinski definition) is 2.